The van der Waals surface area contributed by atoms with Gasteiger partial charge in [-0.25, -0.2) is 9.78 Å². The van der Waals surface area contributed by atoms with Crippen LogP contribution in [-0.4, -0.2) is 54.8 Å². The summed E-state index contributed by atoms with van der Waals surface area (Å²) in [6.07, 6.45) is 10.9. The highest BCUT2D eigenvalue weighted by molar-refractivity contribution is 6.09. The standard InChI is InChI=1S/C34H37N5O6/c1-42-32-26(16-37-34(39-32)44-3)24-14-28-25(15-29(24)45-18-19-7-6-8-19)30(27(17-36-28)31(35)40)38-23-12-21(20-9-4-5-10-20)11-22(13-23)33(41)43-2/h11-17,19-20H,4-10,18H2,1-3H3,(H2,35,40)(H,36,38). The molecule has 0 spiro atoms. The molecule has 0 saturated heterocycles. The van der Waals surface area contributed by atoms with E-state index in [2.05, 4.69) is 20.3 Å². The van der Waals surface area contributed by atoms with Gasteiger partial charge in [-0.1, -0.05) is 19.3 Å². The molecule has 1 amide bonds. The second kappa shape index (κ2) is 13.0. The van der Waals surface area contributed by atoms with Gasteiger partial charge >= 0.3 is 12.0 Å². The molecule has 2 aromatic heterocycles. The van der Waals surface area contributed by atoms with Crippen molar-refractivity contribution in [2.45, 2.75) is 50.9 Å². The molecule has 234 valence electrons. The van der Waals surface area contributed by atoms with Crippen LogP contribution in [0, 0.1) is 5.92 Å². The molecule has 2 aliphatic rings. The third kappa shape index (κ3) is 6.20. The minimum absolute atomic E-state index is 0.176. The maximum Gasteiger partial charge on any atom is 0.337 e. The summed E-state index contributed by atoms with van der Waals surface area (Å²) in [4.78, 5) is 38.7. The van der Waals surface area contributed by atoms with Crippen LogP contribution in [0.4, 0.5) is 11.4 Å². The van der Waals surface area contributed by atoms with Crippen LogP contribution in [0.25, 0.3) is 22.0 Å². The number of pyridine rings is 1. The molecule has 0 unspecified atom stereocenters. The summed E-state index contributed by atoms with van der Waals surface area (Å²) in [5.41, 5.74) is 10.5. The van der Waals surface area contributed by atoms with Gasteiger partial charge in [0, 0.05) is 29.0 Å². The Morgan fingerprint density at radius 1 is 0.911 bits per heavy atom. The van der Waals surface area contributed by atoms with Gasteiger partial charge in [-0.15, -0.1) is 0 Å². The molecule has 4 aromatic rings. The fourth-order valence-corrected chi connectivity index (χ4v) is 6.13. The highest BCUT2D eigenvalue weighted by atomic mass is 16.5. The molecule has 2 aliphatic carbocycles. The van der Waals surface area contributed by atoms with Crippen molar-refractivity contribution in [3.8, 4) is 28.8 Å². The van der Waals surface area contributed by atoms with Gasteiger partial charge in [0.15, 0.2) is 0 Å². The van der Waals surface area contributed by atoms with Crippen LogP contribution in [-0.2, 0) is 4.74 Å². The van der Waals surface area contributed by atoms with Crippen molar-refractivity contribution in [2.75, 3.05) is 33.3 Å². The van der Waals surface area contributed by atoms with Crippen molar-refractivity contribution in [3.63, 3.8) is 0 Å². The molecular formula is C34H37N5O6. The number of rotatable bonds is 11. The molecule has 11 nitrogen and oxygen atoms in total. The summed E-state index contributed by atoms with van der Waals surface area (Å²) >= 11 is 0. The Kier molecular flexibility index (Phi) is 8.68. The van der Waals surface area contributed by atoms with E-state index in [-0.39, 0.29) is 11.6 Å². The summed E-state index contributed by atoms with van der Waals surface area (Å²) < 4.78 is 22.3. The lowest BCUT2D eigenvalue weighted by molar-refractivity contribution is 0.0600. The second-order valence-electron chi connectivity index (χ2n) is 11.6. The van der Waals surface area contributed by atoms with Crippen LogP contribution in [0.1, 0.15) is 77.1 Å². The number of nitrogens with one attached hydrogen (secondary N) is 1. The number of methoxy groups -OCH3 is 3. The Morgan fingerprint density at radius 3 is 2.38 bits per heavy atom. The maximum absolute atomic E-state index is 12.7. The Labute approximate surface area is 261 Å². The normalized spacial score (nSPS) is 15.0. The van der Waals surface area contributed by atoms with Gasteiger partial charge in [-0.3, -0.25) is 9.78 Å². The van der Waals surface area contributed by atoms with E-state index < -0.39 is 11.9 Å². The highest BCUT2D eigenvalue weighted by Crippen LogP contribution is 2.42. The maximum atomic E-state index is 12.7. The number of nitrogens with zero attached hydrogens (tertiary/aromatic N) is 3. The second-order valence-corrected chi connectivity index (χ2v) is 11.6. The van der Waals surface area contributed by atoms with Gasteiger partial charge < -0.3 is 30.0 Å². The number of hydrogen-bond acceptors (Lipinski definition) is 10. The molecule has 11 heteroatoms. The van der Waals surface area contributed by atoms with Crippen molar-refractivity contribution in [1.82, 2.24) is 15.0 Å². The van der Waals surface area contributed by atoms with Crippen LogP contribution in [0.5, 0.6) is 17.6 Å². The molecule has 0 atom stereocenters. The summed E-state index contributed by atoms with van der Waals surface area (Å²) in [6.45, 7) is 0.537. The molecule has 0 aliphatic heterocycles. The van der Waals surface area contributed by atoms with Gasteiger partial charge in [-0.05, 0) is 73.4 Å². The number of nitrogens with two attached hydrogens (primary N) is 1. The molecule has 2 heterocycles. The molecule has 45 heavy (non-hydrogen) atoms. The third-order valence-corrected chi connectivity index (χ3v) is 8.80. The van der Waals surface area contributed by atoms with Crippen molar-refractivity contribution in [2.24, 2.45) is 11.7 Å². The summed E-state index contributed by atoms with van der Waals surface area (Å²) in [5.74, 6) is 0.614. The highest BCUT2D eigenvalue weighted by Gasteiger charge is 2.24. The van der Waals surface area contributed by atoms with E-state index in [1.165, 1.54) is 33.9 Å². The van der Waals surface area contributed by atoms with E-state index >= 15 is 0 Å². The molecule has 2 aromatic carbocycles. The number of aromatic nitrogens is 3. The third-order valence-electron chi connectivity index (χ3n) is 8.80. The molecule has 2 saturated carbocycles. The van der Waals surface area contributed by atoms with Crippen molar-refractivity contribution >= 4 is 34.2 Å². The molecule has 6 rings (SSSR count). The Balaban J connectivity index is 1.51. The first kappa shape index (κ1) is 30.1. The SMILES string of the molecule is COC(=O)c1cc(Nc2c(C(N)=O)cnc3cc(-c4cnc(OC)nc4OC)c(OCC4CCC4)cc23)cc(C2CCCC2)c1. The fourth-order valence-electron chi connectivity index (χ4n) is 6.13. The summed E-state index contributed by atoms with van der Waals surface area (Å²) in [5, 5.41) is 4.04. The van der Waals surface area contributed by atoms with E-state index in [1.54, 1.807) is 12.3 Å². The zero-order valence-electron chi connectivity index (χ0n) is 25.7. The number of anilines is 2. The van der Waals surface area contributed by atoms with Crippen molar-refractivity contribution in [3.05, 3.63) is 59.4 Å². The molecule has 2 fully saturated rings. The first-order valence-electron chi connectivity index (χ1n) is 15.2. The van der Waals surface area contributed by atoms with Crippen LogP contribution in [0.15, 0.2) is 42.7 Å². The monoisotopic (exact) mass is 611 g/mol. The first-order valence-corrected chi connectivity index (χ1v) is 15.2. The predicted octanol–water partition coefficient (Wildman–Crippen LogP) is 6.17. The summed E-state index contributed by atoms with van der Waals surface area (Å²) in [7, 11) is 4.39. The molecular weight excluding hydrogens is 574 g/mol. The minimum Gasteiger partial charge on any atom is -0.493 e. The first-order chi connectivity index (χ1) is 21.9. The van der Waals surface area contributed by atoms with Gasteiger partial charge in [0.25, 0.3) is 5.91 Å². The number of carbonyl (C=O) groups excluding carboxylic acids is 2. The van der Waals surface area contributed by atoms with Crippen LogP contribution < -0.4 is 25.3 Å². The Bertz CT molecular complexity index is 1750. The lowest BCUT2D eigenvalue weighted by Crippen LogP contribution is -2.19. The van der Waals surface area contributed by atoms with Crippen molar-refractivity contribution < 1.29 is 28.5 Å². The quantitative estimate of drug-likeness (QED) is 0.189. The average Bonchev–Trinajstić information content (AvgIpc) is 3.58. The lowest BCUT2D eigenvalue weighted by atomic mass is 9.86. The largest absolute Gasteiger partial charge is 0.493 e. The number of primary amides is 1. The zero-order chi connectivity index (χ0) is 31.5. The molecule has 3 N–H and O–H groups in total. The topological polar surface area (TPSA) is 148 Å². The molecule has 0 radical (unpaired) electrons. The zero-order valence-corrected chi connectivity index (χ0v) is 25.7. The minimum atomic E-state index is -0.640. The number of hydrogen-bond donors (Lipinski definition) is 2. The predicted molar refractivity (Wildman–Crippen MR) is 170 cm³/mol. The number of fused-ring (bicyclic) bond motifs is 1. The fraction of sp³-hybridized carbons (Fsp3) is 0.382. The van der Waals surface area contributed by atoms with Gasteiger partial charge in [-0.2, -0.15) is 4.98 Å². The number of carbonyl (C=O) groups is 2. The summed E-state index contributed by atoms with van der Waals surface area (Å²) in [6, 6.07) is 9.55. The molecule has 0 bridgehead atoms. The van der Waals surface area contributed by atoms with E-state index in [0.717, 1.165) is 44.1 Å². The van der Waals surface area contributed by atoms with Crippen LogP contribution >= 0.6 is 0 Å². The Hall–Kier alpha value is -4.93. The average molecular weight is 612 g/mol. The van der Waals surface area contributed by atoms with Gasteiger partial charge in [0.1, 0.15) is 5.75 Å². The smallest absolute Gasteiger partial charge is 0.337 e. The van der Waals surface area contributed by atoms with E-state index in [1.807, 2.05) is 24.3 Å². The Morgan fingerprint density at radius 2 is 1.71 bits per heavy atom. The number of ether oxygens (including phenoxy) is 4. The van der Waals surface area contributed by atoms with E-state index in [4.69, 9.17) is 24.7 Å². The lowest BCUT2D eigenvalue weighted by Gasteiger charge is -2.26. The van der Waals surface area contributed by atoms with Crippen LogP contribution in [0.3, 0.4) is 0 Å². The van der Waals surface area contributed by atoms with Crippen LogP contribution in [0.2, 0.25) is 0 Å². The van der Waals surface area contributed by atoms with E-state index in [0.29, 0.717) is 69.0 Å². The van der Waals surface area contributed by atoms with Crippen molar-refractivity contribution in [1.29, 1.82) is 0 Å². The van der Waals surface area contributed by atoms with E-state index in [9.17, 15) is 9.59 Å². The van der Waals surface area contributed by atoms with Gasteiger partial charge in [0.05, 0.1) is 55.8 Å². The number of amides is 1. The number of esters is 1. The number of benzene rings is 2. The van der Waals surface area contributed by atoms with Gasteiger partial charge in [0.2, 0.25) is 5.88 Å².